The number of hydrogen-bond acceptors (Lipinski definition) is 4. The van der Waals surface area contributed by atoms with Crippen LogP contribution in [0, 0.1) is 12.8 Å². The van der Waals surface area contributed by atoms with E-state index in [9.17, 15) is 13.5 Å². The number of aliphatic hydroxyl groups excluding tert-OH is 1. The van der Waals surface area contributed by atoms with Crippen LogP contribution in [0.4, 0.5) is 0 Å². The lowest BCUT2D eigenvalue weighted by molar-refractivity contribution is 0.293. The third-order valence-electron chi connectivity index (χ3n) is 5.34. The van der Waals surface area contributed by atoms with Crippen molar-refractivity contribution in [3.8, 4) is 0 Å². The van der Waals surface area contributed by atoms with Crippen molar-refractivity contribution in [2.24, 2.45) is 5.92 Å². The van der Waals surface area contributed by atoms with Gasteiger partial charge in [0.25, 0.3) is 9.05 Å². The number of aromatic nitrogens is 2. The summed E-state index contributed by atoms with van der Waals surface area (Å²) < 4.78 is 24.8. The summed E-state index contributed by atoms with van der Waals surface area (Å²) in [4.78, 5) is 4.82. The molecule has 4 rings (SSSR count). The fourth-order valence-electron chi connectivity index (χ4n) is 3.80. The lowest BCUT2D eigenvalue weighted by Crippen LogP contribution is -2.11. The molecular weight excluding hydrogens is 488 g/mol. The van der Waals surface area contributed by atoms with Gasteiger partial charge in [-0.3, -0.25) is 0 Å². The molecule has 1 saturated carbocycles. The summed E-state index contributed by atoms with van der Waals surface area (Å²) in [6.45, 7) is 3.09. The topological polar surface area (TPSA) is 72.2 Å². The van der Waals surface area contributed by atoms with Gasteiger partial charge in [0.15, 0.2) is 0 Å². The number of rotatable bonds is 5. The highest BCUT2D eigenvalue weighted by atomic mass is 79.9. The van der Waals surface area contributed by atoms with E-state index in [1.807, 2.05) is 6.92 Å². The van der Waals surface area contributed by atoms with E-state index in [0.29, 0.717) is 6.42 Å². The second kappa shape index (κ2) is 10.3. The van der Waals surface area contributed by atoms with Crippen molar-refractivity contribution in [1.29, 1.82) is 0 Å². The number of imidazole rings is 1. The normalized spacial score (nSPS) is 14.7. The first-order valence-electron chi connectivity index (χ1n) is 10.0. The van der Waals surface area contributed by atoms with Gasteiger partial charge in [0, 0.05) is 28.1 Å². The summed E-state index contributed by atoms with van der Waals surface area (Å²) in [6.07, 6.45) is 6.01. The van der Waals surface area contributed by atoms with E-state index in [0.717, 1.165) is 33.8 Å². The summed E-state index contributed by atoms with van der Waals surface area (Å²) in [7, 11) is 1.54. The number of halogens is 2. The van der Waals surface area contributed by atoms with Gasteiger partial charge >= 0.3 is 0 Å². The number of fused-ring (bicyclic) bond motifs is 1. The van der Waals surface area contributed by atoms with Gasteiger partial charge in [0.05, 0.1) is 22.5 Å². The molecule has 1 aromatic heterocycles. The second-order valence-corrected chi connectivity index (χ2v) is 11.1. The Morgan fingerprint density at radius 3 is 2.43 bits per heavy atom. The van der Waals surface area contributed by atoms with Crippen LogP contribution in [0.2, 0.25) is 0 Å². The van der Waals surface area contributed by atoms with E-state index in [1.165, 1.54) is 43.3 Å². The highest BCUT2D eigenvalue weighted by Crippen LogP contribution is 2.29. The predicted octanol–water partition coefficient (Wildman–Crippen LogP) is 5.45. The second-order valence-electron chi connectivity index (χ2n) is 7.65. The summed E-state index contributed by atoms with van der Waals surface area (Å²) in [6, 6.07) is 12.6. The molecule has 5 nitrogen and oxygen atoms in total. The fourth-order valence-corrected chi connectivity index (χ4v) is 4.92. The number of nitrogens with zero attached hydrogens (tertiary/aromatic N) is 2. The first kappa shape index (κ1) is 23.3. The van der Waals surface area contributed by atoms with Gasteiger partial charge < -0.3 is 9.67 Å². The van der Waals surface area contributed by atoms with Crippen LogP contribution in [-0.4, -0.2) is 29.7 Å². The molecule has 0 spiro atoms. The molecule has 0 amide bonds. The molecule has 2 aromatic carbocycles. The molecule has 0 aliphatic heterocycles. The molecule has 0 bridgehead atoms. The van der Waals surface area contributed by atoms with Gasteiger partial charge in [-0.05, 0) is 56.0 Å². The predicted molar refractivity (Wildman–Crippen MR) is 124 cm³/mol. The van der Waals surface area contributed by atoms with Gasteiger partial charge in [0.2, 0.25) is 0 Å². The average Bonchev–Trinajstić information content (AvgIpc) is 3.31. The molecule has 1 aliphatic rings. The Labute approximate surface area is 190 Å². The quantitative estimate of drug-likeness (QED) is 0.461. The van der Waals surface area contributed by atoms with Gasteiger partial charge in [-0.2, -0.15) is 0 Å². The molecule has 3 aromatic rings. The third-order valence-corrected chi connectivity index (χ3v) is 7.21. The van der Waals surface area contributed by atoms with Gasteiger partial charge in [-0.25, -0.2) is 13.4 Å². The molecule has 30 heavy (non-hydrogen) atoms. The monoisotopic (exact) mass is 512 g/mol. The maximum Gasteiger partial charge on any atom is 0.261 e. The van der Waals surface area contributed by atoms with Crippen LogP contribution < -0.4 is 0 Å². The zero-order chi connectivity index (χ0) is 21.7. The smallest absolute Gasteiger partial charge is 0.261 e. The minimum atomic E-state index is -3.55. The van der Waals surface area contributed by atoms with Crippen LogP contribution in [0.25, 0.3) is 11.0 Å². The Bertz CT molecular complexity index is 1090. The standard InChI is InChI=1S/C15H19BrN2O.C7H7ClO2S/c16-12-5-6-14-13(9-12)17-15(7-8-19)18(14)10-11-3-1-2-4-11;1-6-2-4-7(5-3-6)11(8,9)10/h5-6,9,11,19H,1-4,7-8,10H2;2-5H,1H3. The van der Waals surface area contributed by atoms with E-state index >= 15 is 0 Å². The van der Waals surface area contributed by atoms with Crippen LogP contribution in [0.1, 0.15) is 37.1 Å². The first-order chi connectivity index (χ1) is 14.3. The van der Waals surface area contributed by atoms with Crippen molar-refractivity contribution in [2.45, 2.75) is 50.5 Å². The SMILES string of the molecule is Cc1ccc(S(=O)(=O)Cl)cc1.OCCc1nc2cc(Br)ccc2n1CC1CCCC1. The van der Waals surface area contributed by atoms with Crippen molar-refractivity contribution in [3.63, 3.8) is 0 Å². The number of aryl methyl sites for hydroxylation is 1. The van der Waals surface area contributed by atoms with Gasteiger partial charge in [0.1, 0.15) is 5.82 Å². The summed E-state index contributed by atoms with van der Waals surface area (Å²) in [5, 5.41) is 9.22. The van der Waals surface area contributed by atoms with Crippen LogP contribution in [0.15, 0.2) is 51.8 Å². The molecule has 0 radical (unpaired) electrons. The molecule has 162 valence electrons. The Hall–Kier alpha value is -1.41. The molecule has 1 aliphatic carbocycles. The Balaban J connectivity index is 0.000000199. The molecule has 0 unspecified atom stereocenters. The molecule has 1 fully saturated rings. The Kier molecular flexibility index (Phi) is 7.96. The first-order valence-corrected chi connectivity index (χ1v) is 13.1. The minimum Gasteiger partial charge on any atom is -0.396 e. The molecule has 0 atom stereocenters. The zero-order valence-electron chi connectivity index (χ0n) is 16.9. The Morgan fingerprint density at radius 2 is 1.83 bits per heavy atom. The van der Waals surface area contributed by atoms with Crippen molar-refractivity contribution in [2.75, 3.05) is 6.61 Å². The maximum atomic E-state index is 10.7. The molecule has 8 heteroatoms. The van der Waals surface area contributed by atoms with Crippen molar-refractivity contribution < 1.29 is 13.5 Å². The molecule has 1 heterocycles. The molecule has 1 N–H and O–H groups in total. The molecular formula is C22H26BrClN2O3S. The van der Waals surface area contributed by atoms with E-state index in [2.05, 4.69) is 43.7 Å². The molecule has 0 saturated heterocycles. The van der Waals surface area contributed by atoms with E-state index < -0.39 is 9.05 Å². The summed E-state index contributed by atoms with van der Waals surface area (Å²) in [5.41, 5.74) is 3.23. The van der Waals surface area contributed by atoms with E-state index in [4.69, 9.17) is 10.7 Å². The van der Waals surface area contributed by atoms with Gasteiger partial charge in [-0.1, -0.05) is 46.5 Å². The van der Waals surface area contributed by atoms with Gasteiger partial charge in [-0.15, -0.1) is 0 Å². The minimum absolute atomic E-state index is 0.143. The van der Waals surface area contributed by atoms with E-state index in [1.54, 1.807) is 12.1 Å². The lowest BCUT2D eigenvalue weighted by Gasteiger charge is -2.13. The summed E-state index contributed by atoms with van der Waals surface area (Å²) >= 11 is 3.49. The number of benzene rings is 2. The van der Waals surface area contributed by atoms with Crippen LogP contribution in [0.5, 0.6) is 0 Å². The maximum absolute atomic E-state index is 10.7. The average molecular weight is 514 g/mol. The Morgan fingerprint density at radius 1 is 1.17 bits per heavy atom. The van der Waals surface area contributed by atoms with E-state index in [-0.39, 0.29) is 11.5 Å². The third kappa shape index (κ3) is 6.06. The van der Waals surface area contributed by atoms with Crippen molar-refractivity contribution >= 4 is 46.7 Å². The van der Waals surface area contributed by atoms with Crippen molar-refractivity contribution in [3.05, 3.63) is 58.3 Å². The summed E-state index contributed by atoms with van der Waals surface area (Å²) in [5.74, 6) is 1.79. The highest BCUT2D eigenvalue weighted by molar-refractivity contribution is 9.10. The van der Waals surface area contributed by atoms with Crippen LogP contribution >= 0.6 is 26.6 Å². The fraction of sp³-hybridized carbons (Fsp3) is 0.409. The lowest BCUT2D eigenvalue weighted by atomic mass is 10.1. The van der Waals surface area contributed by atoms with Crippen LogP contribution in [-0.2, 0) is 22.0 Å². The number of hydrogen-bond donors (Lipinski definition) is 1. The largest absolute Gasteiger partial charge is 0.396 e. The van der Waals surface area contributed by atoms with Crippen molar-refractivity contribution in [1.82, 2.24) is 9.55 Å². The zero-order valence-corrected chi connectivity index (χ0v) is 20.0. The van der Waals surface area contributed by atoms with Crippen LogP contribution in [0.3, 0.4) is 0 Å². The highest BCUT2D eigenvalue weighted by Gasteiger charge is 2.19. The number of aliphatic hydroxyl groups is 1.